The molecule has 1 atom stereocenters. The summed E-state index contributed by atoms with van der Waals surface area (Å²) in [4.78, 5) is 0. The average molecular weight is 350 g/mol. The minimum absolute atomic E-state index is 0.173. The Morgan fingerprint density at radius 2 is 1.48 bits per heavy atom. The standard InChI is InChI=1S/C22H27NOSi/c1-25(2,3)23(17-16-19-11-6-4-7-12-19)22(21-15-10-18-24-21)20-13-8-5-9-14-20/h4-15,18,22H,16-17H2,1-3H3. The van der Waals surface area contributed by atoms with Crippen molar-refractivity contribution in [2.24, 2.45) is 0 Å². The van der Waals surface area contributed by atoms with Crippen molar-refractivity contribution in [3.05, 3.63) is 95.9 Å². The molecule has 25 heavy (non-hydrogen) atoms. The van der Waals surface area contributed by atoms with Gasteiger partial charge in [-0.15, -0.1) is 0 Å². The smallest absolute Gasteiger partial charge is 0.124 e. The lowest BCUT2D eigenvalue weighted by molar-refractivity contribution is 0.316. The van der Waals surface area contributed by atoms with E-state index in [9.17, 15) is 0 Å². The van der Waals surface area contributed by atoms with Crippen LogP contribution in [-0.4, -0.2) is 19.3 Å². The molecule has 3 aromatic rings. The Morgan fingerprint density at radius 1 is 0.840 bits per heavy atom. The summed E-state index contributed by atoms with van der Waals surface area (Å²) in [6, 6.07) is 25.7. The Morgan fingerprint density at radius 3 is 2.04 bits per heavy atom. The molecule has 0 saturated heterocycles. The van der Waals surface area contributed by atoms with Gasteiger partial charge >= 0.3 is 0 Å². The van der Waals surface area contributed by atoms with Gasteiger partial charge < -0.3 is 8.98 Å². The molecule has 0 spiro atoms. The number of hydrogen-bond acceptors (Lipinski definition) is 2. The Hall–Kier alpha value is -2.10. The molecule has 0 radical (unpaired) electrons. The van der Waals surface area contributed by atoms with Gasteiger partial charge in [0, 0.05) is 0 Å². The van der Waals surface area contributed by atoms with E-state index in [1.807, 2.05) is 6.07 Å². The Labute approximate surface area is 152 Å². The molecule has 0 fully saturated rings. The second-order valence-electron chi connectivity index (χ2n) is 7.43. The van der Waals surface area contributed by atoms with Crippen LogP contribution < -0.4 is 0 Å². The zero-order chi connectivity index (χ0) is 17.7. The van der Waals surface area contributed by atoms with Gasteiger partial charge in [-0.3, -0.25) is 0 Å². The van der Waals surface area contributed by atoms with Crippen molar-refractivity contribution < 1.29 is 4.42 Å². The summed E-state index contributed by atoms with van der Waals surface area (Å²) in [7, 11) is -1.57. The van der Waals surface area contributed by atoms with Crippen molar-refractivity contribution in [2.75, 3.05) is 6.54 Å². The highest BCUT2D eigenvalue weighted by Gasteiger charge is 2.33. The van der Waals surface area contributed by atoms with Crippen LogP contribution in [0.25, 0.3) is 0 Å². The van der Waals surface area contributed by atoms with E-state index in [1.54, 1.807) is 6.26 Å². The lowest BCUT2D eigenvalue weighted by Gasteiger charge is -2.40. The molecular weight excluding hydrogens is 322 g/mol. The summed E-state index contributed by atoms with van der Waals surface area (Å²) in [5.74, 6) is 1.03. The summed E-state index contributed by atoms with van der Waals surface area (Å²) in [5, 5.41) is 0. The van der Waals surface area contributed by atoms with Gasteiger partial charge in [-0.25, -0.2) is 0 Å². The summed E-state index contributed by atoms with van der Waals surface area (Å²) in [5.41, 5.74) is 2.69. The molecule has 0 saturated carbocycles. The number of furan rings is 1. The number of benzene rings is 2. The summed E-state index contributed by atoms with van der Waals surface area (Å²) in [6.45, 7) is 8.27. The first-order valence-corrected chi connectivity index (χ1v) is 12.4. The Kier molecular flexibility index (Phi) is 5.56. The zero-order valence-electron chi connectivity index (χ0n) is 15.4. The van der Waals surface area contributed by atoms with E-state index in [0.717, 1.165) is 18.7 Å². The molecule has 2 nitrogen and oxygen atoms in total. The zero-order valence-corrected chi connectivity index (χ0v) is 16.4. The predicted octanol–water partition coefficient (Wildman–Crippen LogP) is 5.75. The minimum atomic E-state index is -1.57. The third kappa shape index (κ3) is 4.50. The Balaban J connectivity index is 1.93. The van der Waals surface area contributed by atoms with Crippen LogP contribution in [0.3, 0.4) is 0 Å². The second kappa shape index (κ2) is 7.85. The molecule has 0 N–H and O–H groups in total. The van der Waals surface area contributed by atoms with Crippen LogP contribution >= 0.6 is 0 Å². The van der Waals surface area contributed by atoms with Crippen LogP contribution in [0.4, 0.5) is 0 Å². The first-order chi connectivity index (χ1) is 12.1. The molecular formula is C22H27NOSi. The third-order valence-electron chi connectivity index (χ3n) is 4.59. The van der Waals surface area contributed by atoms with Gasteiger partial charge in [0.25, 0.3) is 0 Å². The van der Waals surface area contributed by atoms with Crippen molar-refractivity contribution in [2.45, 2.75) is 32.1 Å². The van der Waals surface area contributed by atoms with Gasteiger partial charge in [-0.05, 0) is 36.2 Å². The van der Waals surface area contributed by atoms with Gasteiger partial charge in [-0.2, -0.15) is 0 Å². The number of nitrogens with zero attached hydrogens (tertiary/aromatic N) is 1. The predicted molar refractivity (Wildman–Crippen MR) is 107 cm³/mol. The molecule has 0 aliphatic heterocycles. The summed E-state index contributed by atoms with van der Waals surface area (Å²) in [6.07, 6.45) is 2.83. The van der Waals surface area contributed by atoms with Crippen molar-refractivity contribution in [1.29, 1.82) is 0 Å². The fourth-order valence-electron chi connectivity index (χ4n) is 3.33. The van der Waals surface area contributed by atoms with Crippen LogP contribution in [0.1, 0.15) is 22.9 Å². The number of rotatable bonds is 7. The summed E-state index contributed by atoms with van der Waals surface area (Å²) < 4.78 is 8.53. The van der Waals surface area contributed by atoms with E-state index < -0.39 is 8.24 Å². The monoisotopic (exact) mass is 349 g/mol. The van der Waals surface area contributed by atoms with Crippen molar-refractivity contribution in [3.8, 4) is 0 Å². The van der Waals surface area contributed by atoms with Crippen LogP contribution in [0, 0.1) is 0 Å². The fraction of sp³-hybridized carbons (Fsp3) is 0.273. The topological polar surface area (TPSA) is 16.4 Å². The first kappa shape index (κ1) is 17.7. The SMILES string of the molecule is C[Si](C)(C)N(CCc1ccccc1)C(c1ccccc1)c1ccco1. The molecule has 0 amide bonds. The van der Waals surface area contributed by atoms with E-state index in [2.05, 4.69) is 90.9 Å². The van der Waals surface area contributed by atoms with E-state index in [4.69, 9.17) is 4.42 Å². The first-order valence-electron chi connectivity index (χ1n) is 8.95. The molecule has 1 heterocycles. The highest BCUT2D eigenvalue weighted by molar-refractivity contribution is 6.73. The third-order valence-corrected chi connectivity index (χ3v) is 6.79. The number of hydrogen-bond donors (Lipinski definition) is 0. The maximum Gasteiger partial charge on any atom is 0.124 e. The lowest BCUT2D eigenvalue weighted by atomic mass is 10.0. The van der Waals surface area contributed by atoms with Crippen LogP contribution in [0.15, 0.2) is 83.5 Å². The van der Waals surface area contributed by atoms with Crippen LogP contribution in [0.5, 0.6) is 0 Å². The maximum atomic E-state index is 5.86. The Bertz CT molecular complexity index is 748. The molecule has 0 bridgehead atoms. The largest absolute Gasteiger partial charge is 0.467 e. The van der Waals surface area contributed by atoms with Crippen molar-refractivity contribution >= 4 is 8.24 Å². The molecule has 0 aliphatic rings. The molecule has 1 aromatic heterocycles. The normalized spacial score (nSPS) is 13.1. The molecule has 1 unspecified atom stereocenters. The highest BCUT2D eigenvalue weighted by Crippen LogP contribution is 2.33. The minimum Gasteiger partial charge on any atom is -0.467 e. The van der Waals surface area contributed by atoms with E-state index >= 15 is 0 Å². The molecule has 0 aliphatic carbocycles. The maximum absolute atomic E-state index is 5.86. The van der Waals surface area contributed by atoms with Gasteiger partial charge in [0.15, 0.2) is 0 Å². The van der Waals surface area contributed by atoms with Gasteiger partial charge in [0.1, 0.15) is 14.0 Å². The fourth-order valence-corrected chi connectivity index (χ4v) is 5.16. The van der Waals surface area contributed by atoms with Gasteiger partial charge in [0.05, 0.1) is 12.3 Å². The van der Waals surface area contributed by atoms with E-state index in [1.165, 1.54) is 11.1 Å². The molecule has 130 valence electrons. The van der Waals surface area contributed by atoms with E-state index in [-0.39, 0.29) is 6.04 Å². The van der Waals surface area contributed by atoms with Gasteiger partial charge in [-0.1, -0.05) is 80.3 Å². The second-order valence-corrected chi connectivity index (χ2v) is 12.3. The molecule has 3 heteroatoms. The van der Waals surface area contributed by atoms with E-state index in [0.29, 0.717) is 0 Å². The van der Waals surface area contributed by atoms with Gasteiger partial charge in [0.2, 0.25) is 0 Å². The molecule has 3 rings (SSSR count). The quantitative estimate of drug-likeness (QED) is 0.505. The van der Waals surface area contributed by atoms with Crippen LogP contribution in [-0.2, 0) is 6.42 Å². The van der Waals surface area contributed by atoms with Crippen LogP contribution in [0.2, 0.25) is 19.6 Å². The summed E-state index contributed by atoms with van der Waals surface area (Å²) >= 11 is 0. The van der Waals surface area contributed by atoms with Crippen molar-refractivity contribution in [3.63, 3.8) is 0 Å². The average Bonchev–Trinajstić information content (AvgIpc) is 3.13. The van der Waals surface area contributed by atoms with Crippen molar-refractivity contribution in [1.82, 2.24) is 4.57 Å². The highest BCUT2D eigenvalue weighted by atomic mass is 28.3. The molecule has 2 aromatic carbocycles. The lowest BCUT2D eigenvalue weighted by Crippen LogP contribution is -2.49.